The molecule has 3 aliphatic carbocycles. The zero-order valence-electron chi connectivity index (χ0n) is 17.9. The Labute approximate surface area is 220 Å². The molecule has 9 heteroatoms. The van der Waals surface area contributed by atoms with Crippen LogP contribution in [0, 0.1) is 11.8 Å². The second kappa shape index (κ2) is 7.71. The second-order valence-corrected chi connectivity index (χ2v) is 10.9. The summed E-state index contributed by atoms with van der Waals surface area (Å²) in [6, 6.07) is 19.5. The number of anilines is 1. The molecule has 2 atom stereocenters. The largest absolute Gasteiger partial charge is 0.323 e. The van der Waals surface area contributed by atoms with Crippen molar-refractivity contribution >= 4 is 69.8 Å². The summed E-state index contributed by atoms with van der Waals surface area (Å²) >= 11 is 26.9. The van der Waals surface area contributed by atoms with Gasteiger partial charge in [0, 0.05) is 0 Å². The number of amides is 3. The van der Waals surface area contributed by atoms with Crippen LogP contribution in [0.25, 0.3) is 0 Å². The van der Waals surface area contributed by atoms with Crippen LogP contribution in [-0.4, -0.2) is 29.2 Å². The molecule has 3 aromatic carbocycles. The van der Waals surface area contributed by atoms with E-state index in [1.54, 1.807) is 18.2 Å². The van der Waals surface area contributed by atoms with Crippen LogP contribution in [0.3, 0.4) is 0 Å². The van der Waals surface area contributed by atoms with E-state index >= 15 is 0 Å². The van der Waals surface area contributed by atoms with Crippen LogP contribution < -0.4 is 5.32 Å². The highest BCUT2D eigenvalue weighted by atomic mass is 35.5. The monoisotopic (exact) mass is 544 g/mol. The van der Waals surface area contributed by atoms with Gasteiger partial charge >= 0.3 is 0 Å². The fourth-order valence-corrected chi connectivity index (χ4v) is 7.26. The van der Waals surface area contributed by atoms with Gasteiger partial charge in [-0.1, -0.05) is 77.8 Å². The Kier molecular flexibility index (Phi) is 5.04. The molecular weight excluding hydrogens is 530 g/mol. The van der Waals surface area contributed by atoms with Gasteiger partial charge in [0.2, 0.25) is 17.7 Å². The van der Waals surface area contributed by atoms with Crippen molar-refractivity contribution in [2.24, 2.45) is 11.8 Å². The van der Waals surface area contributed by atoms with Crippen LogP contribution in [0.5, 0.6) is 0 Å². The summed E-state index contributed by atoms with van der Waals surface area (Å²) in [4.78, 5) is 38.8. The van der Waals surface area contributed by atoms with Gasteiger partial charge in [-0.25, -0.2) is 0 Å². The van der Waals surface area contributed by atoms with E-state index in [2.05, 4.69) is 5.32 Å². The maximum atomic E-state index is 13.8. The van der Waals surface area contributed by atoms with Crippen molar-refractivity contribution in [2.45, 2.75) is 9.75 Å². The Morgan fingerprint density at radius 1 is 0.771 bits per heavy atom. The minimum absolute atomic E-state index is 0.165. The third-order valence-electron chi connectivity index (χ3n) is 7.20. The van der Waals surface area contributed by atoms with Crippen LogP contribution in [-0.2, 0) is 24.1 Å². The lowest BCUT2D eigenvalue weighted by Crippen LogP contribution is -2.57. The third-order valence-corrected chi connectivity index (χ3v) is 9.31. The standard InChI is InChI=1S/C26H16Cl4N2O3/c27-17-10-5-11-18(22(17)28)31-19(33)12-32-23(34)20-21(24(32)35)26(30)14-7-2-1-6-13(14)25(20,29)15-8-3-4-9-16(15)26/h1-11,20-21H,12H2,(H,31,33)/t20-,21+,25?,26?. The number of halogens is 4. The molecule has 0 aromatic heterocycles. The fourth-order valence-electron chi connectivity index (χ4n) is 5.81. The Morgan fingerprint density at radius 2 is 1.23 bits per heavy atom. The molecule has 35 heavy (non-hydrogen) atoms. The van der Waals surface area contributed by atoms with Gasteiger partial charge in [-0.15, -0.1) is 23.2 Å². The summed E-state index contributed by atoms with van der Waals surface area (Å²) in [7, 11) is 0. The number of rotatable bonds is 3. The van der Waals surface area contributed by atoms with Crippen LogP contribution in [0.1, 0.15) is 22.3 Å². The molecule has 0 saturated carbocycles. The average molecular weight is 546 g/mol. The average Bonchev–Trinajstić information content (AvgIpc) is 3.11. The lowest BCUT2D eigenvalue weighted by molar-refractivity contribution is -0.142. The van der Waals surface area contributed by atoms with Crippen molar-refractivity contribution in [2.75, 3.05) is 11.9 Å². The number of carbonyl (C=O) groups is 3. The molecule has 0 unspecified atom stereocenters. The van der Waals surface area contributed by atoms with Gasteiger partial charge in [0.1, 0.15) is 16.3 Å². The normalized spacial score (nSPS) is 27.9. The first-order valence-corrected chi connectivity index (χ1v) is 12.4. The van der Waals surface area contributed by atoms with E-state index in [0.29, 0.717) is 22.3 Å². The first kappa shape index (κ1) is 22.9. The van der Waals surface area contributed by atoms with Crippen LogP contribution in [0.15, 0.2) is 66.7 Å². The second-order valence-electron chi connectivity index (χ2n) is 8.88. The van der Waals surface area contributed by atoms with E-state index in [4.69, 9.17) is 46.4 Å². The van der Waals surface area contributed by atoms with Crippen molar-refractivity contribution in [1.82, 2.24) is 4.90 Å². The minimum atomic E-state index is -1.29. The van der Waals surface area contributed by atoms with Crippen molar-refractivity contribution in [3.05, 3.63) is 99.0 Å². The van der Waals surface area contributed by atoms with Gasteiger partial charge in [-0.05, 0) is 34.4 Å². The number of nitrogens with zero attached hydrogens (tertiary/aromatic N) is 1. The number of hydrogen-bond donors (Lipinski definition) is 1. The van der Waals surface area contributed by atoms with Gasteiger partial charge in [-0.2, -0.15) is 0 Å². The number of imide groups is 1. The molecule has 3 aromatic rings. The number of alkyl halides is 2. The first-order chi connectivity index (χ1) is 16.7. The molecule has 0 spiro atoms. The maximum absolute atomic E-state index is 13.8. The first-order valence-electron chi connectivity index (χ1n) is 10.9. The van der Waals surface area contributed by atoms with Crippen molar-refractivity contribution in [1.29, 1.82) is 0 Å². The molecule has 1 saturated heterocycles. The van der Waals surface area contributed by atoms with E-state index in [1.165, 1.54) is 0 Å². The molecule has 7 rings (SSSR count). The Bertz CT molecular complexity index is 1330. The zero-order valence-corrected chi connectivity index (χ0v) is 20.9. The van der Waals surface area contributed by atoms with Crippen LogP contribution >= 0.6 is 46.4 Å². The zero-order chi connectivity index (χ0) is 24.7. The molecule has 0 radical (unpaired) electrons. The molecule has 4 aliphatic rings. The predicted octanol–water partition coefficient (Wildman–Crippen LogP) is 5.53. The van der Waals surface area contributed by atoms with Crippen molar-refractivity contribution < 1.29 is 14.4 Å². The van der Waals surface area contributed by atoms with Crippen molar-refractivity contribution in [3.63, 3.8) is 0 Å². The molecule has 5 nitrogen and oxygen atoms in total. The van der Waals surface area contributed by atoms with E-state index < -0.39 is 45.9 Å². The third kappa shape index (κ3) is 2.87. The number of hydrogen-bond acceptors (Lipinski definition) is 3. The smallest absolute Gasteiger partial charge is 0.244 e. The maximum Gasteiger partial charge on any atom is 0.244 e. The summed E-state index contributed by atoms with van der Waals surface area (Å²) in [6.07, 6.45) is 0. The number of carbonyl (C=O) groups excluding carboxylic acids is 3. The van der Waals surface area contributed by atoms with Gasteiger partial charge in [0.25, 0.3) is 0 Å². The van der Waals surface area contributed by atoms with E-state index in [1.807, 2.05) is 48.5 Å². The highest BCUT2D eigenvalue weighted by Crippen LogP contribution is 2.69. The molecule has 1 fully saturated rings. The van der Waals surface area contributed by atoms with Gasteiger partial charge in [-0.3, -0.25) is 19.3 Å². The van der Waals surface area contributed by atoms with E-state index in [-0.39, 0.29) is 15.7 Å². The Balaban J connectivity index is 1.42. The summed E-state index contributed by atoms with van der Waals surface area (Å²) in [6.45, 7) is -0.500. The SMILES string of the molecule is O=C(CN1C(=O)[C@@H]2[C@H](C1=O)C1(Cl)c3ccccc3C2(Cl)c2ccccc21)Nc1cccc(Cl)c1Cl. The van der Waals surface area contributed by atoms with Gasteiger partial charge < -0.3 is 5.32 Å². The molecular formula is C26H16Cl4N2O3. The predicted molar refractivity (Wildman–Crippen MR) is 135 cm³/mol. The summed E-state index contributed by atoms with van der Waals surface area (Å²) < 4.78 is 0. The van der Waals surface area contributed by atoms with Crippen molar-refractivity contribution in [3.8, 4) is 0 Å². The van der Waals surface area contributed by atoms with Gasteiger partial charge in [0.15, 0.2) is 0 Å². The molecule has 1 N–H and O–H groups in total. The van der Waals surface area contributed by atoms with E-state index in [0.717, 1.165) is 4.90 Å². The van der Waals surface area contributed by atoms with Gasteiger partial charge in [0.05, 0.1) is 27.6 Å². The quantitative estimate of drug-likeness (QED) is 0.348. The summed E-state index contributed by atoms with van der Waals surface area (Å²) in [5.41, 5.74) is 3.09. The molecule has 1 aliphatic heterocycles. The summed E-state index contributed by atoms with van der Waals surface area (Å²) in [5.74, 6) is -3.57. The molecule has 2 bridgehead atoms. The molecule has 1 heterocycles. The van der Waals surface area contributed by atoms with Crippen LogP contribution in [0.4, 0.5) is 5.69 Å². The highest BCUT2D eigenvalue weighted by molar-refractivity contribution is 6.44. The van der Waals surface area contributed by atoms with Crippen LogP contribution in [0.2, 0.25) is 10.0 Å². The topological polar surface area (TPSA) is 66.5 Å². The van der Waals surface area contributed by atoms with E-state index in [9.17, 15) is 14.4 Å². The minimum Gasteiger partial charge on any atom is -0.323 e. The number of likely N-dealkylation sites (tertiary alicyclic amines) is 1. The fraction of sp³-hybridized carbons (Fsp3) is 0.192. The number of benzene rings is 3. The lowest BCUT2D eigenvalue weighted by Gasteiger charge is -2.54. The molecule has 3 amide bonds. The highest BCUT2D eigenvalue weighted by Gasteiger charge is 2.73. The number of nitrogens with one attached hydrogen (secondary N) is 1. The lowest BCUT2D eigenvalue weighted by atomic mass is 9.54. The summed E-state index contributed by atoms with van der Waals surface area (Å²) in [5, 5.41) is 3.06. The Morgan fingerprint density at radius 3 is 1.69 bits per heavy atom. The Hall–Kier alpha value is -2.57. The molecule has 176 valence electrons.